The number of carbonyl (C=O) groups is 1. The number of benzene rings is 1. The van der Waals surface area contributed by atoms with E-state index in [1.165, 1.54) is 0 Å². The number of likely N-dealkylation sites (tertiary alicyclic amines) is 1. The standard InChI is InChI=1S/C17H25NO3/c1-3-20-15-8-10-18(11-9-15)12-13-21-17-7-5-4-6-16(17)14(2)19/h4-7,15H,3,8-13H2,1-2H3. The van der Waals surface area contributed by atoms with E-state index in [0.717, 1.165) is 39.1 Å². The van der Waals surface area contributed by atoms with Gasteiger partial charge in [0.1, 0.15) is 12.4 Å². The molecule has 1 heterocycles. The molecule has 21 heavy (non-hydrogen) atoms. The molecule has 0 spiro atoms. The lowest BCUT2D eigenvalue weighted by atomic mass is 10.1. The summed E-state index contributed by atoms with van der Waals surface area (Å²) in [7, 11) is 0. The average molecular weight is 291 g/mol. The number of ether oxygens (including phenoxy) is 2. The van der Waals surface area contributed by atoms with Crippen LogP contribution in [0.2, 0.25) is 0 Å². The van der Waals surface area contributed by atoms with Crippen LogP contribution in [-0.2, 0) is 4.74 Å². The van der Waals surface area contributed by atoms with Crippen molar-refractivity contribution >= 4 is 5.78 Å². The zero-order valence-corrected chi connectivity index (χ0v) is 13.0. The predicted octanol–water partition coefficient (Wildman–Crippen LogP) is 2.77. The van der Waals surface area contributed by atoms with E-state index in [2.05, 4.69) is 4.90 Å². The summed E-state index contributed by atoms with van der Waals surface area (Å²) in [6, 6.07) is 7.43. The molecular formula is C17H25NO3. The SMILES string of the molecule is CCOC1CCN(CCOc2ccccc2C(C)=O)CC1. The van der Waals surface area contributed by atoms with Gasteiger partial charge in [0.2, 0.25) is 0 Å². The Morgan fingerprint density at radius 2 is 2.00 bits per heavy atom. The molecule has 0 bridgehead atoms. The molecule has 4 nitrogen and oxygen atoms in total. The van der Waals surface area contributed by atoms with Gasteiger partial charge in [-0.25, -0.2) is 0 Å². The van der Waals surface area contributed by atoms with Crippen molar-refractivity contribution in [2.24, 2.45) is 0 Å². The van der Waals surface area contributed by atoms with Gasteiger partial charge in [0.05, 0.1) is 11.7 Å². The van der Waals surface area contributed by atoms with Gasteiger partial charge in [0, 0.05) is 26.2 Å². The maximum Gasteiger partial charge on any atom is 0.163 e. The minimum Gasteiger partial charge on any atom is -0.491 e. The van der Waals surface area contributed by atoms with Crippen molar-refractivity contribution in [2.45, 2.75) is 32.8 Å². The smallest absolute Gasteiger partial charge is 0.163 e. The van der Waals surface area contributed by atoms with Gasteiger partial charge < -0.3 is 9.47 Å². The maximum atomic E-state index is 11.5. The summed E-state index contributed by atoms with van der Waals surface area (Å²) in [5, 5.41) is 0. The van der Waals surface area contributed by atoms with E-state index >= 15 is 0 Å². The second kappa shape index (κ2) is 8.15. The number of carbonyl (C=O) groups excluding carboxylic acids is 1. The van der Waals surface area contributed by atoms with Gasteiger partial charge in [0.15, 0.2) is 5.78 Å². The predicted molar refractivity (Wildman–Crippen MR) is 83.0 cm³/mol. The van der Waals surface area contributed by atoms with E-state index in [0.29, 0.717) is 24.0 Å². The van der Waals surface area contributed by atoms with Crippen molar-refractivity contribution in [3.05, 3.63) is 29.8 Å². The highest BCUT2D eigenvalue weighted by Crippen LogP contribution is 2.19. The van der Waals surface area contributed by atoms with E-state index in [4.69, 9.17) is 9.47 Å². The number of hydrogen-bond donors (Lipinski definition) is 0. The second-order valence-corrected chi connectivity index (χ2v) is 5.40. The Bertz CT molecular complexity index is 453. The van der Waals surface area contributed by atoms with Crippen molar-refractivity contribution in [1.29, 1.82) is 0 Å². The fourth-order valence-corrected chi connectivity index (χ4v) is 2.70. The van der Waals surface area contributed by atoms with Crippen LogP contribution in [0, 0.1) is 0 Å². The summed E-state index contributed by atoms with van der Waals surface area (Å²) in [6.07, 6.45) is 2.61. The summed E-state index contributed by atoms with van der Waals surface area (Å²) >= 11 is 0. The lowest BCUT2D eigenvalue weighted by Gasteiger charge is -2.31. The van der Waals surface area contributed by atoms with Crippen LogP contribution in [-0.4, -0.2) is 49.6 Å². The van der Waals surface area contributed by atoms with Crippen molar-refractivity contribution < 1.29 is 14.3 Å². The van der Waals surface area contributed by atoms with E-state index < -0.39 is 0 Å². The van der Waals surface area contributed by atoms with Crippen molar-refractivity contribution in [2.75, 3.05) is 32.8 Å². The highest BCUT2D eigenvalue weighted by molar-refractivity contribution is 5.96. The number of ketones is 1. The molecule has 0 saturated carbocycles. The van der Waals surface area contributed by atoms with Crippen molar-refractivity contribution in [3.8, 4) is 5.75 Å². The Balaban J connectivity index is 1.74. The Kier molecular flexibility index (Phi) is 6.21. The molecule has 0 aromatic heterocycles. The summed E-state index contributed by atoms with van der Waals surface area (Å²) in [5.41, 5.74) is 0.660. The third-order valence-electron chi connectivity index (χ3n) is 3.87. The topological polar surface area (TPSA) is 38.8 Å². The van der Waals surface area contributed by atoms with Crippen LogP contribution in [0.1, 0.15) is 37.0 Å². The Morgan fingerprint density at radius 3 is 2.67 bits per heavy atom. The fraction of sp³-hybridized carbons (Fsp3) is 0.588. The molecule has 1 aromatic rings. The first-order valence-corrected chi connectivity index (χ1v) is 7.77. The normalized spacial score (nSPS) is 16.9. The molecule has 1 aromatic carbocycles. The monoisotopic (exact) mass is 291 g/mol. The summed E-state index contributed by atoms with van der Waals surface area (Å²) in [4.78, 5) is 13.9. The minimum atomic E-state index is 0.0446. The molecule has 0 unspecified atom stereocenters. The summed E-state index contributed by atoms with van der Waals surface area (Å²) in [6.45, 7) is 8.04. The first-order valence-electron chi connectivity index (χ1n) is 7.77. The molecule has 116 valence electrons. The number of hydrogen-bond acceptors (Lipinski definition) is 4. The second-order valence-electron chi connectivity index (χ2n) is 5.40. The van der Waals surface area contributed by atoms with Gasteiger partial charge in [-0.1, -0.05) is 12.1 Å². The molecule has 0 atom stereocenters. The Hall–Kier alpha value is -1.39. The molecule has 0 N–H and O–H groups in total. The van der Waals surface area contributed by atoms with E-state index in [9.17, 15) is 4.79 Å². The van der Waals surface area contributed by atoms with E-state index in [-0.39, 0.29) is 5.78 Å². The van der Waals surface area contributed by atoms with Crippen LogP contribution in [0.5, 0.6) is 5.75 Å². The molecule has 1 aliphatic rings. The van der Waals surface area contributed by atoms with Gasteiger partial charge in [0.25, 0.3) is 0 Å². The molecular weight excluding hydrogens is 266 g/mol. The first kappa shape index (κ1) is 16.0. The van der Waals surface area contributed by atoms with Crippen LogP contribution >= 0.6 is 0 Å². The van der Waals surface area contributed by atoms with Crippen molar-refractivity contribution in [1.82, 2.24) is 4.90 Å². The van der Waals surface area contributed by atoms with E-state index in [1.54, 1.807) is 6.92 Å². The highest BCUT2D eigenvalue weighted by atomic mass is 16.5. The van der Waals surface area contributed by atoms with Gasteiger partial charge in [-0.05, 0) is 38.8 Å². The largest absolute Gasteiger partial charge is 0.491 e. The molecule has 1 aliphatic heterocycles. The number of nitrogens with zero attached hydrogens (tertiary/aromatic N) is 1. The fourth-order valence-electron chi connectivity index (χ4n) is 2.70. The van der Waals surface area contributed by atoms with Crippen LogP contribution in [0.15, 0.2) is 24.3 Å². The average Bonchev–Trinajstić information content (AvgIpc) is 2.50. The third-order valence-corrected chi connectivity index (χ3v) is 3.87. The van der Waals surface area contributed by atoms with Crippen LogP contribution in [0.25, 0.3) is 0 Å². The number of piperidine rings is 1. The lowest BCUT2D eigenvalue weighted by Crippen LogP contribution is -2.39. The van der Waals surface area contributed by atoms with Crippen molar-refractivity contribution in [3.63, 3.8) is 0 Å². The molecule has 0 amide bonds. The number of para-hydroxylation sites is 1. The summed E-state index contributed by atoms with van der Waals surface area (Å²) < 4.78 is 11.4. The minimum absolute atomic E-state index is 0.0446. The molecule has 0 radical (unpaired) electrons. The van der Waals surface area contributed by atoms with Crippen LogP contribution in [0.3, 0.4) is 0 Å². The number of rotatable bonds is 7. The third kappa shape index (κ3) is 4.83. The van der Waals surface area contributed by atoms with Gasteiger partial charge >= 0.3 is 0 Å². The molecule has 1 fully saturated rings. The highest BCUT2D eigenvalue weighted by Gasteiger charge is 2.19. The summed E-state index contributed by atoms with van der Waals surface area (Å²) in [5.74, 6) is 0.734. The Morgan fingerprint density at radius 1 is 1.29 bits per heavy atom. The maximum absolute atomic E-state index is 11.5. The zero-order valence-electron chi connectivity index (χ0n) is 13.0. The number of Topliss-reactive ketones (excluding diaryl/α,β-unsaturated/α-hetero) is 1. The Labute approximate surface area is 127 Å². The molecule has 4 heteroatoms. The van der Waals surface area contributed by atoms with E-state index in [1.807, 2.05) is 31.2 Å². The van der Waals surface area contributed by atoms with Crippen LogP contribution < -0.4 is 4.74 Å². The molecule has 1 saturated heterocycles. The van der Waals surface area contributed by atoms with Gasteiger partial charge in [-0.3, -0.25) is 9.69 Å². The molecule has 2 rings (SSSR count). The first-order chi connectivity index (χ1) is 10.2. The zero-order chi connectivity index (χ0) is 15.1. The van der Waals surface area contributed by atoms with Crippen LogP contribution in [0.4, 0.5) is 0 Å². The van der Waals surface area contributed by atoms with Gasteiger partial charge in [-0.15, -0.1) is 0 Å². The van der Waals surface area contributed by atoms with Gasteiger partial charge in [-0.2, -0.15) is 0 Å². The lowest BCUT2D eigenvalue weighted by molar-refractivity contribution is 0.0119. The quantitative estimate of drug-likeness (QED) is 0.724. The molecule has 0 aliphatic carbocycles.